The molecule has 10 aromatic rings. The molecule has 2 nitrogen and oxygen atoms in total. The average molecular weight is 743 g/mol. The second-order valence-electron chi connectivity index (χ2n) is 15.1. The Labute approximate surface area is 340 Å². The molecule has 0 amide bonds. The van der Waals surface area contributed by atoms with E-state index >= 15 is 0 Å². The van der Waals surface area contributed by atoms with Crippen LogP contribution in [0, 0.1) is 13.8 Å². The molecule has 58 heavy (non-hydrogen) atoms. The van der Waals surface area contributed by atoms with Gasteiger partial charge in [0.1, 0.15) is 0 Å². The zero-order chi connectivity index (χ0) is 39.0. The van der Waals surface area contributed by atoms with Crippen LogP contribution in [0.15, 0.2) is 218 Å². The third-order valence-electron chi connectivity index (χ3n) is 11.3. The zero-order valence-electron chi connectivity index (χ0n) is 32.7. The molecule has 0 aliphatic rings. The third-order valence-corrected chi connectivity index (χ3v) is 11.3. The van der Waals surface area contributed by atoms with Crippen molar-refractivity contribution in [3.63, 3.8) is 0 Å². The van der Waals surface area contributed by atoms with E-state index in [4.69, 9.17) is 0 Å². The van der Waals surface area contributed by atoms with Gasteiger partial charge in [-0.15, -0.1) is 0 Å². The van der Waals surface area contributed by atoms with Crippen LogP contribution in [-0.4, -0.2) is 0 Å². The molecule has 0 fully saturated rings. The second-order valence-corrected chi connectivity index (χ2v) is 15.1. The van der Waals surface area contributed by atoms with Crippen molar-refractivity contribution in [2.24, 2.45) is 0 Å². The van der Waals surface area contributed by atoms with Crippen LogP contribution in [0.5, 0.6) is 0 Å². The Kier molecular flexibility index (Phi) is 9.01. The highest BCUT2D eigenvalue weighted by atomic mass is 15.1. The molecule has 0 aliphatic carbocycles. The Morgan fingerprint density at radius 2 is 0.690 bits per heavy atom. The summed E-state index contributed by atoms with van der Waals surface area (Å²) < 4.78 is 0. The summed E-state index contributed by atoms with van der Waals surface area (Å²) in [5.41, 5.74) is 14.0. The second kappa shape index (κ2) is 14.9. The number of hydrogen-bond donors (Lipinski definition) is 0. The van der Waals surface area contributed by atoms with Gasteiger partial charge in [0.2, 0.25) is 0 Å². The van der Waals surface area contributed by atoms with Crippen LogP contribution < -0.4 is 9.80 Å². The lowest BCUT2D eigenvalue weighted by atomic mass is 9.84. The maximum atomic E-state index is 2.42. The largest absolute Gasteiger partial charge is 0.310 e. The summed E-state index contributed by atoms with van der Waals surface area (Å²) in [6, 6.07) is 79.7. The molecule has 0 bridgehead atoms. The van der Waals surface area contributed by atoms with E-state index in [1.54, 1.807) is 0 Å². The van der Waals surface area contributed by atoms with Crippen LogP contribution in [0.25, 0.3) is 54.6 Å². The van der Waals surface area contributed by atoms with Gasteiger partial charge >= 0.3 is 0 Å². The average Bonchev–Trinajstić information content (AvgIpc) is 3.28. The summed E-state index contributed by atoms with van der Waals surface area (Å²) in [4.78, 5) is 4.75. The molecule has 0 heterocycles. The highest BCUT2D eigenvalue weighted by molar-refractivity contribution is 6.24. The van der Waals surface area contributed by atoms with Gasteiger partial charge in [-0.3, -0.25) is 0 Å². The van der Waals surface area contributed by atoms with Crippen molar-refractivity contribution in [3.05, 3.63) is 230 Å². The molecule has 0 saturated carbocycles. The fourth-order valence-corrected chi connectivity index (χ4v) is 8.57. The number of rotatable bonds is 8. The van der Waals surface area contributed by atoms with Crippen molar-refractivity contribution in [2.45, 2.75) is 13.8 Å². The van der Waals surface area contributed by atoms with Crippen molar-refractivity contribution < 1.29 is 0 Å². The van der Waals surface area contributed by atoms with Gasteiger partial charge < -0.3 is 9.80 Å². The molecule has 0 spiro atoms. The van der Waals surface area contributed by atoms with Crippen molar-refractivity contribution >= 4 is 66.4 Å². The molecule has 0 atom stereocenters. The van der Waals surface area contributed by atoms with Crippen LogP contribution in [0.2, 0.25) is 0 Å². The molecule has 276 valence electrons. The number of benzene rings is 10. The number of aryl methyl sites for hydroxylation is 2. The molecule has 0 aromatic heterocycles. The molecule has 0 unspecified atom stereocenters. The predicted octanol–water partition coefficient (Wildman–Crippen LogP) is 16.0. The minimum Gasteiger partial charge on any atom is -0.310 e. The molecule has 0 saturated heterocycles. The summed E-state index contributed by atoms with van der Waals surface area (Å²) in [6.45, 7) is 4.29. The van der Waals surface area contributed by atoms with Crippen molar-refractivity contribution in [2.75, 3.05) is 9.80 Å². The SMILES string of the molecule is Cc1ccc(N(c2ccccc2)c2ccc3c(-c4cccc5ccccc45)c4cc(N(c5ccccc5)c5ccc(C)cc5)ccc4c(-c4ccccc4)c3c2)cc1. The van der Waals surface area contributed by atoms with Crippen LogP contribution in [0.4, 0.5) is 34.1 Å². The maximum absolute atomic E-state index is 2.42. The van der Waals surface area contributed by atoms with Crippen molar-refractivity contribution in [1.82, 2.24) is 0 Å². The van der Waals surface area contributed by atoms with E-state index in [1.165, 1.54) is 65.7 Å². The first-order valence-corrected chi connectivity index (χ1v) is 20.0. The minimum absolute atomic E-state index is 1.11. The molecular weight excluding hydrogens is 701 g/mol. The van der Waals surface area contributed by atoms with Gasteiger partial charge in [0.05, 0.1) is 0 Å². The molecule has 0 radical (unpaired) electrons. The quantitative estimate of drug-likeness (QED) is 0.143. The fourth-order valence-electron chi connectivity index (χ4n) is 8.57. The summed E-state index contributed by atoms with van der Waals surface area (Å²) >= 11 is 0. The lowest BCUT2D eigenvalue weighted by molar-refractivity contribution is 1.28. The number of anilines is 6. The molecule has 10 rings (SSSR count). The summed E-state index contributed by atoms with van der Waals surface area (Å²) in [5.74, 6) is 0. The maximum Gasteiger partial charge on any atom is 0.0468 e. The van der Waals surface area contributed by atoms with Gasteiger partial charge in [-0.05, 0) is 141 Å². The molecule has 10 aromatic carbocycles. The fraction of sp³-hybridized carbons (Fsp3) is 0.0357. The van der Waals surface area contributed by atoms with Gasteiger partial charge in [0, 0.05) is 34.1 Å². The molecule has 2 heteroatoms. The van der Waals surface area contributed by atoms with E-state index in [1.807, 2.05) is 0 Å². The first-order valence-electron chi connectivity index (χ1n) is 20.0. The van der Waals surface area contributed by atoms with Gasteiger partial charge in [-0.25, -0.2) is 0 Å². The number of fused-ring (bicyclic) bond motifs is 3. The van der Waals surface area contributed by atoms with Crippen molar-refractivity contribution in [3.8, 4) is 22.3 Å². The predicted molar refractivity (Wildman–Crippen MR) is 249 cm³/mol. The van der Waals surface area contributed by atoms with Crippen molar-refractivity contribution in [1.29, 1.82) is 0 Å². The monoisotopic (exact) mass is 742 g/mol. The number of para-hydroxylation sites is 2. The highest BCUT2D eigenvalue weighted by Crippen LogP contribution is 2.49. The summed E-state index contributed by atoms with van der Waals surface area (Å²) in [5, 5.41) is 7.29. The Balaban J connectivity index is 1.33. The van der Waals surface area contributed by atoms with E-state index in [9.17, 15) is 0 Å². The lowest BCUT2D eigenvalue weighted by Crippen LogP contribution is -2.10. The Hall–Kier alpha value is -7.42. The Morgan fingerprint density at radius 3 is 1.24 bits per heavy atom. The Morgan fingerprint density at radius 1 is 0.276 bits per heavy atom. The lowest BCUT2D eigenvalue weighted by Gasteiger charge is -2.28. The van der Waals surface area contributed by atoms with E-state index in [2.05, 4.69) is 242 Å². The summed E-state index contributed by atoms with van der Waals surface area (Å²) in [6.07, 6.45) is 0. The van der Waals surface area contributed by atoms with Gasteiger partial charge in [0.25, 0.3) is 0 Å². The molecule has 0 N–H and O–H groups in total. The molecule has 0 aliphatic heterocycles. The smallest absolute Gasteiger partial charge is 0.0468 e. The van der Waals surface area contributed by atoms with Crippen LogP contribution in [0.1, 0.15) is 11.1 Å². The number of hydrogen-bond acceptors (Lipinski definition) is 2. The van der Waals surface area contributed by atoms with E-state index in [0.29, 0.717) is 0 Å². The van der Waals surface area contributed by atoms with Crippen LogP contribution in [0.3, 0.4) is 0 Å². The highest BCUT2D eigenvalue weighted by Gasteiger charge is 2.22. The van der Waals surface area contributed by atoms with Crippen LogP contribution in [-0.2, 0) is 0 Å². The topological polar surface area (TPSA) is 6.48 Å². The van der Waals surface area contributed by atoms with E-state index in [-0.39, 0.29) is 0 Å². The normalized spacial score (nSPS) is 11.3. The first-order chi connectivity index (χ1) is 28.6. The first kappa shape index (κ1) is 35.0. The van der Waals surface area contributed by atoms with Gasteiger partial charge in [-0.2, -0.15) is 0 Å². The van der Waals surface area contributed by atoms with E-state index in [0.717, 1.165) is 34.1 Å². The zero-order valence-corrected chi connectivity index (χ0v) is 32.7. The summed E-state index contributed by atoms with van der Waals surface area (Å²) in [7, 11) is 0. The molecular formula is C56H42N2. The van der Waals surface area contributed by atoms with E-state index < -0.39 is 0 Å². The standard InChI is InChI=1S/C56H42N2/c1-39-25-29-45(30-26-39)57(43-19-8-4-9-20-43)47-34-36-52-53(37-47)55(42-16-6-3-7-17-42)51-35-33-48(58(44-21-10-5-11-22-44)46-31-27-40(2)28-32-46)38-54(51)56(52)50-24-14-18-41-15-12-13-23-49(41)50/h3-38H,1-2H3. The van der Waals surface area contributed by atoms with Gasteiger partial charge in [-0.1, -0.05) is 157 Å². The Bertz CT molecular complexity index is 3040. The number of nitrogens with zero attached hydrogens (tertiary/aromatic N) is 2. The minimum atomic E-state index is 1.11. The third kappa shape index (κ3) is 6.35. The van der Waals surface area contributed by atoms with Crippen LogP contribution >= 0.6 is 0 Å². The van der Waals surface area contributed by atoms with Gasteiger partial charge in [0.15, 0.2) is 0 Å².